The Morgan fingerprint density at radius 1 is 0.917 bits per heavy atom. The summed E-state index contributed by atoms with van der Waals surface area (Å²) >= 11 is 1.36. The van der Waals surface area contributed by atoms with E-state index in [1.54, 1.807) is 23.6 Å². The smallest absolute Gasteiger partial charge is 0.326 e. The molecule has 0 aliphatic heterocycles. The average molecular weight is 515 g/mol. The van der Waals surface area contributed by atoms with E-state index in [1.165, 1.54) is 16.9 Å². The van der Waals surface area contributed by atoms with Gasteiger partial charge in [-0.3, -0.25) is 9.59 Å². The Balaban J connectivity index is 2.15. The lowest BCUT2D eigenvalue weighted by Gasteiger charge is -2.16. The van der Waals surface area contributed by atoms with Crippen LogP contribution >= 0.6 is 11.3 Å². The minimum atomic E-state index is -0.479. The number of nitrogens with zero attached hydrogens (tertiary/aromatic N) is 2. The van der Waals surface area contributed by atoms with Gasteiger partial charge >= 0.3 is 5.97 Å². The van der Waals surface area contributed by atoms with E-state index in [2.05, 4.69) is 24.9 Å². The van der Waals surface area contributed by atoms with E-state index in [0.29, 0.717) is 53.4 Å². The summed E-state index contributed by atoms with van der Waals surface area (Å²) in [6.45, 7) is 13.0. The maximum atomic E-state index is 13.4. The quantitative estimate of drug-likeness (QED) is 0.322. The first-order valence-electron chi connectivity index (χ1n) is 12.3. The van der Waals surface area contributed by atoms with Crippen molar-refractivity contribution < 1.29 is 28.5 Å². The van der Waals surface area contributed by atoms with E-state index in [4.69, 9.17) is 18.9 Å². The predicted molar refractivity (Wildman–Crippen MR) is 140 cm³/mol. The molecule has 1 heterocycles. The standard InChI is InChI=1S/C27H34N2O6S/c1-7-32-21-13-19(14-22(33-8-2)25(21)35-10-4)26(31)28-27-29(16-24(30)34-9-3)20-12-11-18(17(5)6)15-23(20)36-27/h11-15,17H,7-10,16H2,1-6H3. The lowest BCUT2D eigenvalue weighted by Crippen LogP contribution is -2.23. The van der Waals surface area contributed by atoms with Gasteiger partial charge in [0.2, 0.25) is 5.75 Å². The molecule has 3 rings (SSSR count). The molecule has 0 radical (unpaired) electrons. The Kier molecular flexibility index (Phi) is 9.52. The van der Waals surface area contributed by atoms with Gasteiger partial charge in [-0.2, -0.15) is 4.99 Å². The van der Waals surface area contributed by atoms with Crippen LogP contribution in [-0.2, 0) is 16.1 Å². The highest BCUT2D eigenvalue weighted by Gasteiger charge is 2.19. The first-order valence-corrected chi connectivity index (χ1v) is 13.1. The van der Waals surface area contributed by atoms with Gasteiger partial charge < -0.3 is 23.5 Å². The summed E-state index contributed by atoms with van der Waals surface area (Å²) in [6, 6.07) is 9.29. The number of hydrogen-bond donors (Lipinski definition) is 0. The van der Waals surface area contributed by atoms with Gasteiger partial charge in [0, 0.05) is 5.56 Å². The average Bonchev–Trinajstić information content (AvgIpc) is 3.17. The molecule has 1 aromatic heterocycles. The number of thiazole rings is 1. The number of carbonyl (C=O) groups excluding carboxylic acids is 2. The third kappa shape index (κ3) is 6.26. The van der Waals surface area contributed by atoms with E-state index in [1.807, 2.05) is 32.9 Å². The Labute approximate surface area is 215 Å². The summed E-state index contributed by atoms with van der Waals surface area (Å²) in [5.41, 5.74) is 2.29. The van der Waals surface area contributed by atoms with E-state index in [0.717, 1.165) is 10.2 Å². The normalized spacial score (nSPS) is 11.7. The molecule has 0 unspecified atom stereocenters. The highest BCUT2D eigenvalue weighted by atomic mass is 32.1. The first kappa shape index (κ1) is 27.3. The van der Waals surface area contributed by atoms with E-state index >= 15 is 0 Å². The van der Waals surface area contributed by atoms with Crippen LogP contribution in [0.5, 0.6) is 17.2 Å². The molecule has 9 heteroatoms. The van der Waals surface area contributed by atoms with E-state index < -0.39 is 11.9 Å². The van der Waals surface area contributed by atoms with Crippen LogP contribution in [0.2, 0.25) is 0 Å². The van der Waals surface area contributed by atoms with Crippen molar-refractivity contribution in [3.05, 3.63) is 46.3 Å². The number of rotatable bonds is 11. The largest absolute Gasteiger partial charge is 0.490 e. The zero-order chi connectivity index (χ0) is 26.2. The summed E-state index contributed by atoms with van der Waals surface area (Å²) < 4.78 is 25.0. The summed E-state index contributed by atoms with van der Waals surface area (Å²) in [6.07, 6.45) is 0. The number of aromatic nitrogens is 1. The van der Waals surface area contributed by atoms with E-state index in [-0.39, 0.29) is 13.2 Å². The van der Waals surface area contributed by atoms with Crippen molar-refractivity contribution >= 4 is 33.4 Å². The summed E-state index contributed by atoms with van der Waals surface area (Å²) in [5.74, 6) is 0.765. The molecule has 0 aliphatic rings. The number of carbonyl (C=O) groups is 2. The second-order valence-electron chi connectivity index (χ2n) is 8.18. The number of ether oxygens (including phenoxy) is 4. The van der Waals surface area contributed by atoms with Crippen molar-refractivity contribution in [1.82, 2.24) is 4.57 Å². The van der Waals surface area contributed by atoms with Crippen molar-refractivity contribution in [3.63, 3.8) is 0 Å². The minimum Gasteiger partial charge on any atom is -0.490 e. The second-order valence-corrected chi connectivity index (χ2v) is 9.18. The maximum absolute atomic E-state index is 13.4. The molecule has 3 aromatic rings. The van der Waals surface area contributed by atoms with Gasteiger partial charge in [0.05, 0.1) is 36.6 Å². The van der Waals surface area contributed by atoms with Crippen molar-refractivity contribution in [3.8, 4) is 17.2 Å². The monoisotopic (exact) mass is 514 g/mol. The van der Waals surface area contributed by atoms with Crippen LogP contribution in [0.1, 0.15) is 63.4 Å². The Bertz CT molecular complexity index is 1260. The van der Waals surface area contributed by atoms with Crippen LogP contribution in [0, 0.1) is 0 Å². The molecule has 1 amide bonds. The van der Waals surface area contributed by atoms with Gasteiger partial charge in [0.1, 0.15) is 6.54 Å². The molecule has 0 saturated carbocycles. The number of benzene rings is 2. The topological polar surface area (TPSA) is 88.4 Å². The lowest BCUT2D eigenvalue weighted by molar-refractivity contribution is -0.143. The van der Waals surface area contributed by atoms with Crippen molar-refractivity contribution in [2.24, 2.45) is 4.99 Å². The molecule has 8 nitrogen and oxygen atoms in total. The first-order chi connectivity index (χ1) is 17.3. The third-order valence-corrected chi connectivity index (χ3v) is 6.36. The number of hydrogen-bond acceptors (Lipinski definition) is 7. The van der Waals surface area contributed by atoms with Gasteiger partial charge in [-0.15, -0.1) is 0 Å². The van der Waals surface area contributed by atoms with Gasteiger partial charge in [0.25, 0.3) is 5.91 Å². The zero-order valence-electron chi connectivity index (χ0n) is 21.8. The van der Waals surface area contributed by atoms with Crippen LogP contribution in [-0.4, -0.2) is 42.9 Å². The lowest BCUT2D eigenvalue weighted by atomic mass is 10.0. The zero-order valence-corrected chi connectivity index (χ0v) is 22.6. The SMILES string of the molecule is CCOC(=O)Cn1c(=NC(=O)c2cc(OCC)c(OCC)c(OCC)c2)sc2cc(C(C)C)ccc21. The van der Waals surface area contributed by atoms with Gasteiger partial charge in [0.15, 0.2) is 16.3 Å². The third-order valence-electron chi connectivity index (χ3n) is 5.32. The molecule has 0 atom stereocenters. The van der Waals surface area contributed by atoms with Gasteiger partial charge in [-0.1, -0.05) is 31.3 Å². The van der Waals surface area contributed by atoms with E-state index in [9.17, 15) is 9.59 Å². The number of fused-ring (bicyclic) bond motifs is 1. The van der Waals surface area contributed by atoms with Crippen LogP contribution < -0.4 is 19.0 Å². The fourth-order valence-electron chi connectivity index (χ4n) is 3.69. The molecule has 0 saturated heterocycles. The summed E-state index contributed by atoms with van der Waals surface area (Å²) in [5, 5.41) is 0. The molecule has 2 aromatic carbocycles. The Morgan fingerprint density at radius 3 is 2.11 bits per heavy atom. The van der Waals surface area contributed by atoms with Gasteiger partial charge in [-0.25, -0.2) is 0 Å². The van der Waals surface area contributed by atoms with Crippen LogP contribution in [0.4, 0.5) is 0 Å². The molecular formula is C27H34N2O6S. The minimum absolute atomic E-state index is 0.0430. The summed E-state index contributed by atoms with van der Waals surface area (Å²) in [7, 11) is 0. The highest BCUT2D eigenvalue weighted by molar-refractivity contribution is 7.16. The molecule has 0 N–H and O–H groups in total. The molecule has 0 bridgehead atoms. The van der Waals surface area contributed by atoms with Crippen molar-refractivity contribution in [2.75, 3.05) is 26.4 Å². The maximum Gasteiger partial charge on any atom is 0.326 e. The van der Waals surface area contributed by atoms with Crippen LogP contribution in [0.3, 0.4) is 0 Å². The molecule has 36 heavy (non-hydrogen) atoms. The molecule has 0 fully saturated rings. The number of amides is 1. The summed E-state index contributed by atoms with van der Waals surface area (Å²) in [4.78, 5) is 30.6. The molecule has 0 spiro atoms. The van der Waals surface area contributed by atoms with Crippen LogP contribution in [0.15, 0.2) is 35.3 Å². The fourth-order valence-corrected chi connectivity index (χ4v) is 4.76. The van der Waals surface area contributed by atoms with Crippen LogP contribution in [0.25, 0.3) is 10.2 Å². The Hall–Kier alpha value is -3.33. The van der Waals surface area contributed by atoms with Gasteiger partial charge in [-0.05, 0) is 63.4 Å². The van der Waals surface area contributed by atoms with Crippen molar-refractivity contribution in [2.45, 2.75) is 54.0 Å². The molecule has 0 aliphatic carbocycles. The predicted octanol–water partition coefficient (Wildman–Crippen LogP) is 5.33. The molecular weight excluding hydrogens is 480 g/mol. The Morgan fingerprint density at radius 2 is 1.56 bits per heavy atom. The number of esters is 1. The van der Waals surface area contributed by atoms with Crippen molar-refractivity contribution in [1.29, 1.82) is 0 Å². The second kappa shape index (κ2) is 12.6. The fraction of sp³-hybridized carbons (Fsp3) is 0.444. The highest BCUT2D eigenvalue weighted by Crippen LogP contribution is 2.39. The molecule has 194 valence electrons.